The fourth-order valence-electron chi connectivity index (χ4n) is 5.40. The fraction of sp³-hybridized carbons (Fsp3) is 0.545. The first-order valence-electron chi connectivity index (χ1n) is 14.8. The monoisotopic (exact) mass is 549 g/mol. The van der Waals surface area contributed by atoms with Crippen molar-refractivity contribution >= 4 is 17.7 Å². The largest absolute Gasteiger partial charge is 0.383 e. The average molecular weight is 550 g/mol. The highest BCUT2D eigenvalue weighted by atomic mass is 16.5. The van der Waals surface area contributed by atoms with Crippen LogP contribution >= 0.6 is 0 Å². The first-order valence-corrected chi connectivity index (χ1v) is 14.8. The van der Waals surface area contributed by atoms with Crippen LogP contribution in [0.25, 0.3) is 11.1 Å². The Morgan fingerprint density at radius 3 is 2.30 bits per heavy atom. The Hall–Kier alpha value is -3.19. The molecule has 3 rings (SSSR count). The van der Waals surface area contributed by atoms with Crippen molar-refractivity contribution in [3.63, 3.8) is 0 Å². The highest BCUT2D eigenvalue weighted by molar-refractivity contribution is 5.96. The second-order valence-corrected chi connectivity index (χ2v) is 11.0. The first-order chi connectivity index (χ1) is 19.3. The topological polar surface area (TPSA) is 70.2 Å². The average Bonchev–Trinajstić information content (AvgIpc) is 2.96. The fourth-order valence-corrected chi connectivity index (χ4v) is 5.40. The Morgan fingerprint density at radius 2 is 1.62 bits per heavy atom. The summed E-state index contributed by atoms with van der Waals surface area (Å²) in [4.78, 5) is 43.7. The number of hydrogen-bond acceptors (Lipinski definition) is 4. The van der Waals surface area contributed by atoms with E-state index in [4.69, 9.17) is 4.74 Å². The van der Waals surface area contributed by atoms with Gasteiger partial charge < -0.3 is 19.4 Å². The minimum absolute atomic E-state index is 0.00845. The lowest BCUT2D eigenvalue weighted by Gasteiger charge is -2.42. The number of rotatable bonds is 15. The number of carbonyl (C=O) groups is 3. The third kappa shape index (κ3) is 8.40. The highest BCUT2D eigenvalue weighted by Gasteiger charge is 2.41. The van der Waals surface area contributed by atoms with Crippen LogP contribution in [-0.2, 0) is 32.1 Å². The maximum atomic E-state index is 13.5. The molecule has 218 valence electrons. The molecular formula is C33H47N3O4. The molecule has 0 spiro atoms. The van der Waals surface area contributed by atoms with Gasteiger partial charge in [-0.1, -0.05) is 81.5 Å². The number of likely N-dealkylation sites (N-methyl/N-ethyl adjacent to an activating group) is 1. The molecule has 0 saturated carbocycles. The SMILES string of the molecule is CCCCCCCCN1C(=O)C(Cc2ccc(-c3cccc(CN(CCOC)C(C)=O)c3)cc2)N(C)C(=O)[C@@H]1C. The minimum Gasteiger partial charge on any atom is -0.383 e. The van der Waals surface area contributed by atoms with Crippen molar-refractivity contribution in [2.75, 3.05) is 33.9 Å². The lowest BCUT2D eigenvalue weighted by Crippen LogP contribution is -2.63. The Balaban J connectivity index is 1.66. The van der Waals surface area contributed by atoms with Crippen molar-refractivity contribution in [1.82, 2.24) is 14.7 Å². The van der Waals surface area contributed by atoms with E-state index in [2.05, 4.69) is 31.2 Å². The molecule has 7 heteroatoms. The second kappa shape index (κ2) is 15.6. The van der Waals surface area contributed by atoms with E-state index in [1.54, 1.807) is 35.8 Å². The predicted octanol–water partition coefficient (Wildman–Crippen LogP) is 5.31. The van der Waals surface area contributed by atoms with Gasteiger partial charge in [0.05, 0.1) is 6.61 Å². The quantitative estimate of drug-likeness (QED) is 0.283. The summed E-state index contributed by atoms with van der Waals surface area (Å²) >= 11 is 0. The Kier molecular flexibility index (Phi) is 12.2. The highest BCUT2D eigenvalue weighted by Crippen LogP contribution is 2.25. The van der Waals surface area contributed by atoms with Gasteiger partial charge in [-0.15, -0.1) is 0 Å². The molecule has 2 aromatic rings. The van der Waals surface area contributed by atoms with Gasteiger partial charge in [0, 0.05) is 47.1 Å². The van der Waals surface area contributed by atoms with Crippen molar-refractivity contribution < 1.29 is 19.1 Å². The summed E-state index contributed by atoms with van der Waals surface area (Å²) in [5.74, 6) is 0.0741. The zero-order valence-corrected chi connectivity index (χ0v) is 25.0. The molecule has 1 saturated heterocycles. The summed E-state index contributed by atoms with van der Waals surface area (Å²) in [5.41, 5.74) is 4.21. The van der Waals surface area contributed by atoms with E-state index in [0.29, 0.717) is 32.7 Å². The number of ether oxygens (including phenoxy) is 1. The molecule has 0 bridgehead atoms. The van der Waals surface area contributed by atoms with E-state index >= 15 is 0 Å². The van der Waals surface area contributed by atoms with E-state index in [0.717, 1.165) is 35.1 Å². The number of unbranched alkanes of at least 4 members (excludes halogenated alkanes) is 5. The van der Waals surface area contributed by atoms with Crippen LogP contribution < -0.4 is 0 Å². The maximum Gasteiger partial charge on any atom is 0.246 e. The van der Waals surface area contributed by atoms with Gasteiger partial charge >= 0.3 is 0 Å². The van der Waals surface area contributed by atoms with Crippen LogP contribution in [0.1, 0.15) is 70.4 Å². The standard InChI is InChI=1S/C33H47N3O4/c1-6-7-8-9-10-11-19-36-25(2)32(38)34(4)31(33(36)39)23-27-15-17-29(18-16-27)30-14-12-13-28(22-30)24-35(26(3)37)20-21-40-5/h12-18,22,25,31H,6-11,19-21,23-24H2,1-5H3/t25-,31?/m0/s1. The Labute approximate surface area is 240 Å². The molecule has 0 aliphatic carbocycles. The molecule has 2 atom stereocenters. The van der Waals surface area contributed by atoms with Crippen LogP contribution in [0.3, 0.4) is 0 Å². The zero-order chi connectivity index (χ0) is 29.1. The van der Waals surface area contributed by atoms with Crippen molar-refractivity contribution in [1.29, 1.82) is 0 Å². The van der Waals surface area contributed by atoms with Gasteiger partial charge in [-0.2, -0.15) is 0 Å². The van der Waals surface area contributed by atoms with E-state index in [1.807, 2.05) is 31.2 Å². The van der Waals surface area contributed by atoms with Crippen LogP contribution in [0.2, 0.25) is 0 Å². The second-order valence-electron chi connectivity index (χ2n) is 11.0. The molecule has 1 aliphatic rings. The van der Waals surface area contributed by atoms with E-state index in [-0.39, 0.29) is 17.7 Å². The number of benzene rings is 2. The number of nitrogens with zero attached hydrogens (tertiary/aromatic N) is 3. The molecule has 1 heterocycles. The van der Waals surface area contributed by atoms with Gasteiger partial charge in [-0.3, -0.25) is 14.4 Å². The van der Waals surface area contributed by atoms with Crippen LogP contribution in [0.5, 0.6) is 0 Å². The zero-order valence-electron chi connectivity index (χ0n) is 25.0. The lowest BCUT2D eigenvalue weighted by atomic mass is 9.96. The van der Waals surface area contributed by atoms with Gasteiger partial charge in [0.25, 0.3) is 0 Å². The first kappa shape index (κ1) is 31.3. The van der Waals surface area contributed by atoms with E-state index < -0.39 is 12.1 Å². The molecule has 0 radical (unpaired) electrons. The molecule has 7 nitrogen and oxygen atoms in total. The van der Waals surface area contributed by atoms with Crippen LogP contribution in [-0.4, -0.2) is 78.4 Å². The van der Waals surface area contributed by atoms with Crippen LogP contribution in [0, 0.1) is 0 Å². The third-order valence-corrected chi connectivity index (χ3v) is 7.99. The molecule has 40 heavy (non-hydrogen) atoms. The molecular weight excluding hydrogens is 502 g/mol. The Morgan fingerprint density at radius 1 is 0.925 bits per heavy atom. The summed E-state index contributed by atoms with van der Waals surface area (Å²) in [7, 11) is 3.38. The maximum absolute atomic E-state index is 13.5. The van der Waals surface area contributed by atoms with E-state index in [9.17, 15) is 14.4 Å². The molecule has 1 fully saturated rings. The number of carbonyl (C=O) groups excluding carboxylic acids is 3. The summed E-state index contributed by atoms with van der Waals surface area (Å²) < 4.78 is 5.14. The number of amides is 3. The van der Waals surface area contributed by atoms with Crippen LogP contribution in [0.4, 0.5) is 0 Å². The van der Waals surface area contributed by atoms with Crippen molar-refractivity contribution in [3.8, 4) is 11.1 Å². The van der Waals surface area contributed by atoms with Crippen molar-refractivity contribution in [2.45, 2.75) is 84.3 Å². The van der Waals surface area contributed by atoms with E-state index in [1.165, 1.54) is 25.7 Å². The normalized spacial score (nSPS) is 17.4. The predicted molar refractivity (Wildman–Crippen MR) is 160 cm³/mol. The van der Waals surface area contributed by atoms with Crippen LogP contribution in [0.15, 0.2) is 48.5 Å². The minimum atomic E-state index is -0.484. The summed E-state index contributed by atoms with van der Waals surface area (Å²) in [5, 5.41) is 0. The summed E-state index contributed by atoms with van der Waals surface area (Å²) in [6.07, 6.45) is 7.40. The molecule has 0 aromatic heterocycles. The third-order valence-electron chi connectivity index (χ3n) is 7.99. The molecule has 0 N–H and O–H groups in total. The van der Waals surface area contributed by atoms with Gasteiger partial charge in [0.1, 0.15) is 12.1 Å². The van der Waals surface area contributed by atoms with Crippen molar-refractivity contribution in [2.24, 2.45) is 0 Å². The smallest absolute Gasteiger partial charge is 0.246 e. The van der Waals surface area contributed by atoms with Gasteiger partial charge in [0.2, 0.25) is 17.7 Å². The number of methoxy groups -OCH3 is 1. The molecule has 1 unspecified atom stereocenters. The lowest BCUT2D eigenvalue weighted by molar-refractivity contribution is -0.159. The van der Waals surface area contributed by atoms with Gasteiger partial charge in [0.15, 0.2) is 0 Å². The summed E-state index contributed by atoms with van der Waals surface area (Å²) in [6, 6.07) is 15.5. The molecule has 2 aromatic carbocycles. The summed E-state index contributed by atoms with van der Waals surface area (Å²) in [6.45, 7) is 7.86. The molecule has 3 amide bonds. The number of hydrogen-bond donors (Lipinski definition) is 0. The Bertz CT molecular complexity index is 1120. The van der Waals surface area contributed by atoms with Crippen molar-refractivity contribution in [3.05, 3.63) is 59.7 Å². The molecule has 1 aliphatic heterocycles. The van der Waals surface area contributed by atoms with Gasteiger partial charge in [-0.25, -0.2) is 0 Å². The van der Waals surface area contributed by atoms with Gasteiger partial charge in [-0.05, 0) is 41.7 Å². The number of piperazine rings is 1.